The Bertz CT molecular complexity index is 1040. The zero-order valence-electron chi connectivity index (χ0n) is 16.4. The highest BCUT2D eigenvalue weighted by Crippen LogP contribution is 2.36. The molecule has 1 atom stereocenters. The van der Waals surface area contributed by atoms with Gasteiger partial charge in [0.2, 0.25) is 11.9 Å². The number of likely N-dealkylation sites (tertiary alicyclic amines) is 1. The Morgan fingerprint density at radius 2 is 1.70 bits per heavy atom. The monoisotopic (exact) mass is 408 g/mol. The molecular formula is C23H22F2N4O. The standard InChI is InChI=1S/C23H22F2N4O/c24-17-8-4-15(5-9-17)13-21(30)29-12-2-1-3-20(29)22-19(14-27-23(26)28-22)16-6-10-18(25)11-7-16/h4-11,14,20H,1-3,12-13H2,(H2,26,27,28). The Balaban J connectivity index is 1.67. The molecule has 0 spiro atoms. The number of rotatable bonds is 4. The van der Waals surface area contributed by atoms with Gasteiger partial charge >= 0.3 is 0 Å². The number of hydrogen-bond donors (Lipinski definition) is 1. The second-order valence-corrected chi connectivity index (χ2v) is 7.44. The molecule has 5 nitrogen and oxygen atoms in total. The van der Waals surface area contributed by atoms with Gasteiger partial charge in [0.1, 0.15) is 11.6 Å². The number of benzene rings is 2. The summed E-state index contributed by atoms with van der Waals surface area (Å²) in [5, 5.41) is 0. The van der Waals surface area contributed by atoms with Crippen LogP contribution in [-0.4, -0.2) is 27.3 Å². The van der Waals surface area contributed by atoms with Crippen molar-refractivity contribution in [1.82, 2.24) is 14.9 Å². The number of aromatic nitrogens is 2. The van der Waals surface area contributed by atoms with Gasteiger partial charge in [0.15, 0.2) is 0 Å². The van der Waals surface area contributed by atoms with Crippen molar-refractivity contribution >= 4 is 11.9 Å². The van der Waals surface area contributed by atoms with Gasteiger partial charge in [-0.2, -0.15) is 0 Å². The third-order valence-electron chi connectivity index (χ3n) is 5.40. The molecule has 2 aromatic carbocycles. The topological polar surface area (TPSA) is 72.1 Å². The average molecular weight is 408 g/mol. The van der Waals surface area contributed by atoms with Crippen LogP contribution in [0.2, 0.25) is 0 Å². The van der Waals surface area contributed by atoms with E-state index in [4.69, 9.17) is 5.73 Å². The van der Waals surface area contributed by atoms with Gasteiger partial charge in [0.25, 0.3) is 0 Å². The molecule has 4 rings (SSSR count). The predicted molar refractivity (Wildman–Crippen MR) is 110 cm³/mol. The van der Waals surface area contributed by atoms with Crippen molar-refractivity contribution in [3.63, 3.8) is 0 Å². The lowest BCUT2D eigenvalue weighted by molar-refractivity contribution is -0.134. The molecule has 0 radical (unpaired) electrons. The average Bonchev–Trinajstić information content (AvgIpc) is 2.76. The lowest BCUT2D eigenvalue weighted by Gasteiger charge is -2.36. The molecule has 2 N–H and O–H groups in total. The zero-order valence-corrected chi connectivity index (χ0v) is 16.4. The van der Waals surface area contributed by atoms with Crippen molar-refractivity contribution in [2.75, 3.05) is 12.3 Å². The van der Waals surface area contributed by atoms with Crippen LogP contribution in [0.5, 0.6) is 0 Å². The van der Waals surface area contributed by atoms with Crippen LogP contribution in [0, 0.1) is 11.6 Å². The van der Waals surface area contributed by atoms with E-state index in [0.29, 0.717) is 12.2 Å². The number of amides is 1. The van der Waals surface area contributed by atoms with E-state index in [0.717, 1.165) is 36.0 Å². The summed E-state index contributed by atoms with van der Waals surface area (Å²) in [6, 6.07) is 11.8. The van der Waals surface area contributed by atoms with E-state index in [9.17, 15) is 13.6 Å². The number of hydrogen-bond acceptors (Lipinski definition) is 4. The number of nitrogens with two attached hydrogens (primary N) is 1. The fourth-order valence-electron chi connectivity index (χ4n) is 3.91. The molecule has 1 saturated heterocycles. The first-order chi connectivity index (χ1) is 14.5. The second kappa shape index (κ2) is 8.57. The van der Waals surface area contributed by atoms with Gasteiger partial charge in [-0.1, -0.05) is 24.3 Å². The molecule has 1 amide bonds. The number of nitrogens with zero attached hydrogens (tertiary/aromatic N) is 3. The fraction of sp³-hybridized carbons (Fsp3) is 0.261. The van der Waals surface area contributed by atoms with E-state index in [1.165, 1.54) is 24.3 Å². The molecule has 0 aliphatic carbocycles. The normalized spacial score (nSPS) is 16.5. The molecule has 7 heteroatoms. The maximum Gasteiger partial charge on any atom is 0.227 e. The number of nitrogen functional groups attached to an aromatic ring is 1. The Morgan fingerprint density at radius 3 is 2.40 bits per heavy atom. The first-order valence-electron chi connectivity index (χ1n) is 9.93. The Labute approximate surface area is 173 Å². The molecule has 1 fully saturated rings. The van der Waals surface area contributed by atoms with E-state index >= 15 is 0 Å². The van der Waals surface area contributed by atoms with Gasteiger partial charge in [0.05, 0.1) is 18.2 Å². The second-order valence-electron chi connectivity index (χ2n) is 7.44. The minimum Gasteiger partial charge on any atom is -0.368 e. The molecular weight excluding hydrogens is 386 g/mol. The van der Waals surface area contributed by atoms with Crippen molar-refractivity contribution in [2.24, 2.45) is 0 Å². The number of carbonyl (C=O) groups is 1. The SMILES string of the molecule is Nc1ncc(-c2ccc(F)cc2)c(C2CCCCN2C(=O)Cc2ccc(F)cc2)n1. The number of anilines is 1. The fourth-order valence-corrected chi connectivity index (χ4v) is 3.91. The minimum absolute atomic E-state index is 0.0476. The third kappa shape index (κ3) is 4.30. The van der Waals surface area contributed by atoms with Crippen LogP contribution >= 0.6 is 0 Å². The molecule has 0 saturated carbocycles. The summed E-state index contributed by atoms with van der Waals surface area (Å²) in [5.41, 5.74) is 8.80. The van der Waals surface area contributed by atoms with Crippen LogP contribution in [0.1, 0.15) is 36.6 Å². The highest BCUT2D eigenvalue weighted by atomic mass is 19.1. The largest absolute Gasteiger partial charge is 0.368 e. The van der Waals surface area contributed by atoms with Gasteiger partial charge in [-0.25, -0.2) is 18.7 Å². The lowest BCUT2D eigenvalue weighted by atomic mass is 9.93. The Hall–Kier alpha value is -3.35. The quantitative estimate of drug-likeness (QED) is 0.699. The Kier molecular flexibility index (Phi) is 5.70. The molecule has 1 unspecified atom stereocenters. The minimum atomic E-state index is -0.331. The molecule has 0 bridgehead atoms. The molecule has 3 aromatic rings. The van der Waals surface area contributed by atoms with E-state index in [1.54, 1.807) is 30.5 Å². The van der Waals surface area contributed by atoms with Gasteiger partial charge in [0, 0.05) is 18.3 Å². The van der Waals surface area contributed by atoms with Crippen LogP contribution in [0.25, 0.3) is 11.1 Å². The summed E-state index contributed by atoms with van der Waals surface area (Å²) in [5.74, 6) is -0.575. The van der Waals surface area contributed by atoms with Crippen molar-refractivity contribution in [3.8, 4) is 11.1 Å². The molecule has 1 aromatic heterocycles. The molecule has 1 aliphatic rings. The summed E-state index contributed by atoms with van der Waals surface area (Å²) >= 11 is 0. The maximum absolute atomic E-state index is 13.4. The van der Waals surface area contributed by atoms with Crippen LogP contribution in [-0.2, 0) is 11.2 Å². The molecule has 1 aliphatic heterocycles. The van der Waals surface area contributed by atoms with E-state index in [1.807, 2.05) is 4.90 Å². The smallest absolute Gasteiger partial charge is 0.227 e. The first-order valence-corrected chi connectivity index (χ1v) is 9.93. The van der Waals surface area contributed by atoms with Gasteiger partial charge in [-0.3, -0.25) is 4.79 Å². The summed E-state index contributed by atoms with van der Waals surface area (Å²) in [6.07, 6.45) is 4.42. The van der Waals surface area contributed by atoms with E-state index < -0.39 is 0 Å². The number of piperidine rings is 1. The molecule has 154 valence electrons. The van der Waals surface area contributed by atoms with Gasteiger partial charge in [-0.15, -0.1) is 0 Å². The van der Waals surface area contributed by atoms with Crippen molar-refractivity contribution < 1.29 is 13.6 Å². The highest BCUT2D eigenvalue weighted by Gasteiger charge is 2.31. The van der Waals surface area contributed by atoms with Crippen molar-refractivity contribution in [1.29, 1.82) is 0 Å². The van der Waals surface area contributed by atoms with Crippen LogP contribution in [0.15, 0.2) is 54.7 Å². The summed E-state index contributed by atoms with van der Waals surface area (Å²) in [4.78, 5) is 23.5. The number of halogens is 2. The van der Waals surface area contributed by atoms with Crippen LogP contribution in [0.3, 0.4) is 0 Å². The van der Waals surface area contributed by atoms with Crippen LogP contribution < -0.4 is 5.73 Å². The highest BCUT2D eigenvalue weighted by molar-refractivity contribution is 5.80. The first kappa shape index (κ1) is 19.9. The molecule has 30 heavy (non-hydrogen) atoms. The number of carbonyl (C=O) groups excluding carboxylic acids is 1. The lowest BCUT2D eigenvalue weighted by Crippen LogP contribution is -2.40. The summed E-state index contributed by atoms with van der Waals surface area (Å²) in [6.45, 7) is 0.609. The van der Waals surface area contributed by atoms with E-state index in [-0.39, 0.29) is 36.0 Å². The summed E-state index contributed by atoms with van der Waals surface area (Å²) in [7, 11) is 0. The van der Waals surface area contributed by atoms with Crippen molar-refractivity contribution in [2.45, 2.75) is 31.7 Å². The molecule has 2 heterocycles. The Morgan fingerprint density at radius 1 is 1.03 bits per heavy atom. The predicted octanol–water partition coefficient (Wildman–Crippen LogP) is 4.30. The zero-order chi connectivity index (χ0) is 21.1. The van der Waals surface area contributed by atoms with Crippen LogP contribution in [0.4, 0.5) is 14.7 Å². The third-order valence-corrected chi connectivity index (χ3v) is 5.40. The maximum atomic E-state index is 13.4. The van der Waals surface area contributed by atoms with Gasteiger partial charge in [-0.05, 0) is 54.7 Å². The van der Waals surface area contributed by atoms with Gasteiger partial charge < -0.3 is 10.6 Å². The van der Waals surface area contributed by atoms with Crippen molar-refractivity contribution in [3.05, 3.63) is 77.6 Å². The van der Waals surface area contributed by atoms with E-state index in [2.05, 4.69) is 9.97 Å². The summed E-state index contributed by atoms with van der Waals surface area (Å²) < 4.78 is 26.6.